The molecule has 1 N–H and O–H groups in total. The number of rotatable bonds is 1. The minimum absolute atomic E-state index is 1.20. The van der Waals surface area contributed by atoms with E-state index in [1.54, 1.807) is 0 Å². The highest BCUT2D eigenvalue weighted by Gasteiger charge is 2.09. The molecule has 0 fully saturated rings. The van der Waals surface area contributed by atoms with E-state index in [1.165, 1.54) is 38.5 Å². The van der Waals surface area contributed by atoms with Gasteiger partial charge >= 0.3 is 0 Å². The summed E-state index contributed by atoms with van der Waals surface area (Å²) in [5.41, 5.74) is 6.25. The quantitative estimate of drug-likeness (QED) is 0.476. The lowest BCUT2D eigenvalue weighted by atomic mass is 9.99. The van der Waals surface area contributed by atoms with Gasteiger partial charge in [-0.15, -0.1) is 0 Å². The summed E-state index contributed by atoms with van der Waals surface area (Å²) in [5.74, 6) is 0. The van der Waals surface area contributed by atoms with Gasteiger partial charge in [-0.2, -0.15) is 0 Å². The molecular formula is C19H15N. The SMILES string of the molecule is Cc1ccc(-c2cccc3[nH]c4ccccc4c23)cc1. The fraction of sp³-hybridized carbons (Fsp3) is 0.0526. The van der Waals surface area contributed by atoms with Crippen molar-refractivity contribution >= 4 is 21.8 Å². The predicted octanol–water partition coefficient (Wildman–Crippen LogP) is 5.30. The van der Waals surface area contributed by atoms with Gasteiger partial charge in [-0.3, -0.25) is 0 Å². The third-order valence-corrected chi connectivity index (χ3v) is 3.89. The molecule has 0 radical (unpaired) electrons. The number of aromatic amines is 1. The Hall–Kier alpha value is -2.54. The van der Waals surface area contributed by atoms with Crippen LogP contribution in [-0.4, -0.2) is 4.98 Å². The normalized spacial score (nSPS) is 11.2. The first-order valence-corrected chi connectivity index (χ1v) is 6.89. The Labute approximate surface area is 117 Å². The maximum absolute atomic E-state index is 3.50. The molecule has 0 aliphatic heterocycles. The molecule has 0 aliphatic rings. The molecule has 0 aliphatic carbocycles. The van der Waals surface area contributed by atoms with Crippen LogP contribution in [0, 0.1) is 6.92 Å². The molecule has 1 nitrogen and oxygen atoms in total. The smallest absolute Gasteiger partial charge is 0.0471 e. The largest absolute Gasteiger partial charge is 0.354 e. The van der Waals surface area contributed by atoms with Gasteiger partial charge in [0.15, 0.2) is 0 Å². The van der Waals surface area contributed by atoms with Crippen molar-refractivity contribution in [1.29, 1.82) is 0 Å². The van der Waals surface area contributed by atoms with Crippen molar-refractivity contribution in [3.05, 3.63) is 72.3 Å². The van der Waals surface area contributed by atoms with Gasteiger partial charge in [0, 0.05) is 21.8 Å². The number of H-pyrrole nitrogens is 1. The third kappa shape index (κ3) is 1.64. The summed E-state index contributed by atoms with van der Waals surface area (Å²) in [6.45, 7) is 2.12. The molecule has 20 heavy (non-hydrogen) atoms. The van der Waals surface area contributed by atoms with Crippen LogP contribution in [0.1, 0.15) is 5.56 Å². The van der Waals surface area contributed by atoms with Crippen molar-refractivity contribution in [2.24, 2.45) is 0 Å². The number of fused-ring (bicyclic) bond motifs is 3. The van der Waals surface area contributed by atoms with E-state index in [4.69, 9.17) is 0 Å². The number of benzene rings is 3. The van der Waals surface area contributed by atoms with Crippen molar-refractivity contribution in [2.75, 3.05) is 0 Å². The molecular weight excluding hydrogens is 242 g/mol. The van der Waals surface area contributed by atoms with Gasteiger partial charge in [0.25, 0.3) is 0 Å². The van der Waals surface area contributed by atoms with E-state index < -0.39 is 0 Å². The van der Waals surface area contributed by atoms with Crippen molar-refractivity contribution in [1.82, 2.24) is 4.98 Å². The Morgan fingerprint density at radius 1 is 0.700 bits per heavy atom. The second-order valence-electron chi connectivity index (χ2n) is 5.26. The molecule has 0 saturated carbocycles. The molecule has 0 saturated heterocycles. The monoisotopic (exact) mass is 257 g/mol. The van der Waals surface area contributed by atoms with Crippen LogP contribution in [0.3, 0.4) is 0 Å². The van der Waals surface area contributed by atoms with E-state index in [0.717, 1.165) is 0 Å². The summed E-state index contributed by atoms with van der Waals surface area (Å²) in [5, 5.41) is 2.60. The van der Waals surface area contributed by atoms with Gasteiger partial charge in [0.2, 0.25) is 0 Å². The zero-order valence-electron chi connectivity index (χ0n) is 11.4. The Kier molecular flexibility index (Phi) is 2.40. The average Bonchev–Trinajstić information content (AvgIpc) is 2.86. The molecule has 0 atom stereocenters. The fourth-order valence-electron chi connectivity index (χ4n) is 2.88. The van der Waals surface area contributed by atoms with Crippen molar-refractivity contribution in [3.8, 4) is 11.1 Å². The topological polar surface area (TPSA) is 15.8 Å². The van der Waals surface area contributed by atoms with Crippen LogP contribution in [0.4, 0.5) is 0 Å². The standard InChI is InChI=1S/C19H15N/c1-13-9-11-14(12-10-13)15-6-4-8-18-19(15)16-5-2-3-7-17(16)20-18/h2-12,20H,1H3. The van der Waals surface area contributed by atoms with Gasteiger partial charge in [-0.25, -0.2) is 0 Å². The summed E-state index contributed by atoms with van der Waals surface area (Å²) in [6.07, 6.45) is 0. The molecule has 4 rings (SSSR count). The third-order valence-electron chi connectivity index (χ3n) is 3.89. The van der Waals surface area contributed by atoms with Crippen LogP contribution >= 0.6 is 0 Å². The van der Waals surface area contributed by atoms with E-state index >= 15 is 0 Å². The molecule has 0 unspecified atom stereocenters. The predicted molar refractivity (Wildman–Crippen MR) is 86.0 cm³/mol. The summed E-state index contributed by atoms with van der Waals surface area (Å²) in [6, 6.07) is 23.7. The highest BCUT2D eigenvalue weighted by molar-refractivity contribution is 6.14. The number of aromatic nitrogens is 1. The second kappa shape index (κ2) is 4.24. The second-order valence-corrected chi connectivity index (χ2v) is 5.26. The Balaban J connectivity index is 2.11. The Morgan fingerprint density at radius 2 is 1.45 bits per heavy atom. The number of aryl methyl sites for hydroxylation is 1. The van der Waals surface area contributed by atoms with Gasteiger partial charge < -0.3 is 4.98 Å². The molecule has 4 aromatic rings. The summed E-state index contributed by atoms with van der Waals surface area (Å²) < 4.78 is 0. The van der Waals surface area contributed by atoms with E-state index in [9.17, 15) is 0 Å². The maximum atomic E-state index is 3.50. The lowest BCUT2D eigenvalue weighted by Crippen LogP contribution is -1.80. The number of para-hydroxylation sites is 1. The van der Waals surface area contributed by atoms with Crippen molar-refractivity contribution in [2.45, 2.75) is 6.92 Å². The van der Waals surface area contributed by atoms with Crippen LogP contribution in [0.15, 0.2) is 66.7 Å². The maximum Gasteiger partial charge on any atom is 0.0471 e. The number of hydrogen-bond acceptors (Lipinski definition) is 0. The number of hydrogen-bond donors (Lipinski definition) is 1. The zero-order chi connectivity index (χ0) is 13.5. The van der Waals surface area contributed by atoms with Gasteiger partial charge in [-0.1, -0.05) is 60.2 Å². The summed E-state index contributed by atoms with van der Waals surface area (Å²) in [4.78, 5) is 3.50. The van der Waals surface area contributed by atoms with Crippen LogP contribution in [0.2, 0.25) is 0 Å². The lowest BCUT2D eigenvalue weighted by Gasteiger charge is -2.05. The molecule has 1 aromatic heterocycles. The molecule has 1 heteroatoms. The highest BCUT2D eigenvalue weighted by Crippen LogP contribution is 2.34. The van der Waals surface area contributed by atoms with Crippen LogP contribution in [0.25, 0.3) is 32.9 Å². The molecule has 1 heterocycles. The van der Waals surface area contributed by atoms with E-state index in [0.29, 0.717) is 0 Å². The molecule has 0 spiro atoms. The minimum Gasteiger partial charge on any atom is -0.354 e. The van der Waals surface area contributed by atoms with Crippen LogP contribution < -0.4 is 0 Å². The first-order chi connectivity index (χ1) is 9.83. The molecule has 0 bridgehead atoms. The first kappa shape index (κ1) is 11.3. The van der Waals surface area contributed by atoms with Crippen LogP contribution in [0.5, 0.6) is 0 Å². The van der Waals surface area contributed by atoms with Gasteiger partial charge in [0.1, 0.15) is 0 Å². The fourth-order valence-corrected chi connectivity index (χ4v) is 2.88. The Morgan fingerprint density at radius 3 is 2.30 bits per heavy atom. The molecule has 3 aromatic carbocycles. The average molecular weight is 257 g/mol. The minimum atomic E-state index is 1.20. The molecule has 96 valence electrons. The lowest BCUT2D eigenvalue weighted by molar-refractivity contribution is 1.47. The molecule has 0 amide bonds. The van der Waals surface area contributed by atoms with E-state index in [-0.39, 0.29) is 0 Å². The van der Waals surface area contributed by atoms with Crippen LogP contribution in [-0.2, 0) is 0 Å². The van der Waals surface area contributed by atoms with E-state index in [2.05, 4.69) is 78.6 Å². The zero-order valence-corrected chi connectivity index (χ0v) is 11.4. The summed E-state index contributed by atoms with van der Waals surface area (Å²) >= 11 is 0. The van der Waals surface area contributed by atoms with Gasteiger partial charge in [-0.05, 0) is 30.2 Å². The highest BCUT2D eigenvalue weighted by atomic mass is 14.7. The number of nitrogens with one attached hydrogen (secondary N) is 1. The first-order valence-electron chi connectivity index (χ1n) is 6.89. The Bertz CT molecular complexity index is 898. The summed E-state index contributed by atoms with van der Waals surface area (Å²) in [7, 11) is 0. The van der Waals surface area contributed by atoms with Gasteiger partial charge in [0.05, 0.1) is 0 Å². The van der Waals surface area contributed by atoms with E-state index in [1.807, 2.05) is 0 Å². The van der Waals surface area contributed by atoms with Crippen molar-refractivity contribution < 1.29 is 0 Å². The van der Waals surface area contributed by atoms with Crippen molar-refractivity contribution in [3.63, 3.8) is 0 Å².